The molecule has 88 valence electrons. The van der Waals surface area contributed by atoms with E-state index in [9.17, 15) is 4.79 Å². The third-order valence-corrected chi connectivity index (χ3v) is 2.64. The van der Waals surface area contributed by atoms with Crippen molar-refractivity contribution in [2.45, 2.75) is 12.5 Å². The molecule has 0 aliphatic rings. The van der Waals surface area contributed by atoms with Crippen molar-refractivity contribution in [3.05, 3.63) is 48.3 Å². The van der Waals surface area contributed by atoms with Crippen LogP contribution in [0.1, 0.15) is 18.0 Å². The number of benzene rings is 1. The van der Waals surface area contributed by atoms with E-state index < -0.39 is 12.0 Å². The summed E-state index contributed by atoms with van der Waals surface area (Å²) >= 11 is 0. The predicted octanol–water partition coefficient (Wildman–Crippen LogP) is 2.16. The van der Waals surface area contributed by atoms with Crippen LogP contribution in [0.15, 0.2) is 42.7 Å². The van der Waals surface area contributed by atoms with Gasteiger partial charge in [-0.3, -0.25) is 4.79 Å². The second-order valence-corrected chi connectivity index (χ2v) is 3.93. The van der Waals surface area contributed by atoms with Gasteiger partial charge >= 0.3 is 5.97 Å². The molecule has 0 fully saturated rings. The van der Waals surface area contributed by atoms with Crippen molar-refractivity contribution < 1.29 is 9.90 Å². The van der Waals surface area contributed by atoms with E-state index in [0.717, 1.165) is 16.7 Å². The van der Waals surface area contributed by atoms with E-state index in [4.69, 9.17) is 10.8 Å². The van der Waals surface area contributed by atoms with E-state index in [0.29, 0.717) is 0 Å². The zero-order valence-electron chi connectivity index (χ0n) is 9.26. The average molecular weight is 230 g/mol. The molecule has 4 heteroatoms. The van der Waals surface area contributed by atoms with Crippen molar-refractivity contribution in [3.63, 3.8) is 0 Å². The number of aromatic amines is 1. The van der Waals surface area contributed by atoms with Crippen molar-refractivity contribution in [3.8, 4) is 11.1 Å². The van der Waals surface area contributed by atoms with Crippen LogP contribution in [0.2, 0.25) is 0 Å². The fraction of sp³-hybridized carbons (Fsp3) is 0.154. The zero-order chi connectivity index (χ0) is 12.3. The second-order valence-electron chi connectivity index (χ2n) is 3.93. The van der Waals surface area contributed by atoms with Crippen LogP contribution in [-0.2, 0) is 4.79 Å². The molecule has 0 saturated carbocycles. The SMILES string of the molecule is N[C@@H](CC(=O)O)c1cccc(-c2cc[nH]c2)c1. The summed E-state index contributed by atoms with van der Waals surface area (Å²) in [6, 6.07) is 9.13. The predicted molar refractivity (Wildman–Crippen MR) is 65.4 cm³/mol. The van der Waals surface area contributed by atoms with Crippen LogP contribution in [-0.4, -0.2) is 16.1 Å². The molecule has 0 spiro atoms. The molecule has 2 aromatic rings. The van der Waals surface area contributed by atoms with Crippen molar-refractivity contribution in [2.75, 3.05) is 0 Å². The third kappa shape index (κ3) is 2.73. The summed E-state index contributed by atoms with van der Waals surface area (Å²) in [6.07, 6.45) is 3.68. The Morgan fingerprint density at radius 1 is 1.35 bits per heavy atom. The zero-order valence-corrected chi connectivity index (χ0v) is 9.26. The molecule has 0 radical (unpaired) electrons. The van der Waals surface area contributed by atoms with Gasteiger partial charge in [-0.25, -0.2) is 0 Å². The van der Waals surface area contributed by atoms with E-state index in [1.807, 2.05) is 42.7 Å². The van der Waals surface area contributed by atoms with Crippen molar-refractivity contribution in [1.82, 2.24) is 4.98 Å². The number of aromatic nitrogens is 1. The lowest BCUT2D eigenvalue weighted by atomic mass is 10.00. The van der Waals surface area contributed by atoms with Gasteiger partial charge in [0.05, 0.1) is 6.42 Å². The Hall–Kier alpha value is -2.07. The van der Waals surface area contributed by atoms with Gasteiger partial charge in [-0.15, -0.1) is 0 Å². The van der Waals surface area contributed by atoms with Gasteiger partial charge in [-0.05, 0) is 28.8 Å². The minimum absolute atomic E-state index is 0.0589. The Morgan fingerprint density at radius 2 is 2.18 bits per heavy atom. The van der Waals surface area contributed by atoms with Gasteiger partial charge in [-0.1, -0.05) is 18.2 Å². The summed E-state index contributed by atoms with van der Waals surface area (Å²) in [5.74, 6) is -0.885. The molecule has 0 bridgehead atoms. The number of hydrogen-bond acceptors (Lipinski definition) is 2. The molecule has 4 nitrogen and oxygen atoms in total. The lowest BCUT2D eigenvalue weighted by Gasteiger charge is -2.10. The summed E-state index contributed by atoms with van der Waals surface area (Å²) in [7, 11) is 0. The molecule has 0 amide bonds. The molecule has 1 atom stereocenters. The highest BCUT2D eigenvalue weighted by Gasteiger charge is 2.11. The first-order valence-electron chi connectivity index (χ1n) is 5.37. The van der Waals surface area contributed by atoms with Crippen LogP contribution in [0.3, 0.4) is 0 Å². The summed E-state index contributed by atoms with van der Waals surface area (Å²) in [5, 5.41) is 8.71. The summed E-state index contributed by atoms with van der Waals surface area (Å²) < 4.78 is 0. The van der Waals surface area contributed by atoms with E-state index >= 15 is 0 Å². The normalized spacial score (nSPS) is 12.3. The molecule has 0 saturated heterocycles. The lowest BCUT2D eigenvalue weighted by molar-refractivity contribution is -0.137. The number of carbonyl (C=O) groups is 1. The molecule has 0 unspecified atom stereocenters. The standard InChI is InChI=1S/C13H14N2O2/c14-12(7-13(16)17)10-3-1-2-9(6-10)11-4-5-15-8-11/h1-6,8,12,15H,7,14H2,(H,16,17)/t12-/m0/s1. The summed E-state index contributed by atoms with van der Waals surface area (Å²) in [4.78, 5) is 13.6. The van der Waals surface area contributed by atoms with Crippen molar-refractivity contribution in [1.29, 1.82) is 0 Å². The topological polar surface area (TPSA) is 79.1 Å². The maximum Gasteiger partial charge on any atom is 0.305 e. The van der Waals surface area contributed by atoms with Gasteiger partial charge in [0.25, 0.3) is 0 Å². The largest absolute Gasteiger partial charge is 0.481 e. The molecule has 0 aliphatic carbocycles. The average Bonchev–Trinajstić information content (AvgIpc) is 2.82. The van der Waals surface area contributed by atoms with E-state index in [-0.39, 0.29) is 6.42 Å². The summed E-state index contributed by atoms with van der Waals surface area (Å²) in [5.41, 5.74) is 8.76. The van der Waals surface area contributed by atoms with Gasteiger partial charge in [-0.2, -0.15) is 0 Å². The Balaban J connectivity index is 2.25. The molecule has 1 heterocycles. The Kier molecular flexibility index (Phi) is 3.25. The number of nitrogens with two attached hydrogens (primary N) is 1. The van der Waals surface area contributed by atoms with Gasteiger partial charge in [0, 0.05) is 18.4 Å². The highest BCUT2D eigenvalue weighted by Crippen LogP contribution is 2.23. The van der Waals surface area contributed by atoms with Gasteiger partial charge in [0.15, 0.2) is 0 Å². The third-order valence-electron chi connectivity index (χ3n) is 2.64. The van der Waals surface area contributed by atoms with Crippen molar-refractivity contribution >= 4 is 5.97 Å². The van der Waals surface area contributed by atoms with E-state index in [1.165, 1.54) is 0 Å². The monoisotopic (exact) mass is 230 g/mol. The quantitative estimate of drug-likeness (QED) is 0.753. The molecule has 0 aliphatic heterocycles. The minimum Gasteiger partial charge on any atom is -0.481 e. The number of aliphatic carboxylic acids is 1. The summed E-state index contributed by atoms with van der Waals surface area (Å²) in [6.45, 7) is 0. The molecule has 2 rings (SSSR count). The molecule has 1 aromatic heterocycles. The Bertz CT molecular complexity index is 506. The molecular formula is C13H14N2O2. The smallest absolute Gasteiger partial charge is 0.305 e. The van der Waals surface area contributed by atoms with Gasteiger partial charge < -0.3 is 15.8 Å². The minimum atomic E-state index is -0.885. The molecule has 17 heavy (non-hydrogen) atoms. The fourth-order valence-corrected chi connectivity index (χ4v) is 1.76. The Labute approximate surface area is 99.1 Å². The number of rotatable bonds is 4. The lowest BCUT2D eigenvalue weighted by Crippen LogP contribution is -2.14. The molecule has 4 N–H and O–H groups in total. The molecular weight excluding hydrogens is 216 g/mol. The van der Waals surface area contributed by atoms with Crippen LogP contribution < -0.4 is 5.73 Å². The highest BCUT2D eigenvalue weighted by atomic mass is 16.4. The first kappa shape index (κ1) is 11.4. The number of nitrogens with one attached hydrogen (secondary N) is 1. The number of H-pyrrole nitrogens is 1. The Morgan fingerprint density at radius 3 is 2.82 bits per heavy atom. The number of carboxylic acid groups (broad SMARTS) is 1. The van der Waals surface area contributed by atoms with Gasteiger partial charge in [0.1, 0.15) is 0 Å². The first-order valence-corrected chi connectivity index (χ1v) is 5.37. The van der Waals surface area contributed by atoms with Crippen LogP contribution >= 0.6 is 0 Å². The number of carboxylic acids is 1. The van der Waals surface area contributed by atoms with Crippen molar-refractivity contribution in [2.24, 2.45) is 5.73 Å². The van der Waals surface area contributed by atoms with E-state index in [2.05, 4.69) is 4.98 Å². The molecule has 1 aromatic carbocycles. The van der Waals surface area contributed by atoms with E-state index in [1.54, 1.807) is 0 Å². The fourth-order valence-electron chi connectivity index (χ4n) is 1.76. The second kappa shape index (κ2) is 4.84. The first-order chi connectivity index (χ1) is 8.16. The van der Waals surface area contributed by atoms with Crippen LogP contribution in [0.5, 0.6) is 0 Å². The maximum absolute atomic E-state index is 10.6. The maximum atomic E-state index is 10.6. The van der Waals surface area contributed by atoms with Crippen LogP contribution in [0, 0.1) is 0 Å². The number of hydrogen-bond donors (Lipinski definition) is 3. The van der Waals surface area contributed by atoms with Crippen LogP contribution in [0.4, 0.5) is 0 Å². The van der Waals surface area contributed by atoms with Crippen LogP contribution in [0.25, 0.3) is 11.1 Å². The van der Waals surface area contributed by atoms with Gasteiger partial charge in [0.2, 0.25) is 0 Å². The highest BCUT2D eigenvalue weighted by molar-refractivity contribution is 5.68.